The summed E-state index contributed by atoms with van der Waals surface area (Å²) in [4.78, 5) is 15.0. The molecule has 0 radical (unpaired) electrons. The van der Waals surface area contributed by atoms with E-state index in [2.05, 4.69) is 25.3 Å². The second-order valence-corrected chi connectivity index (χ2v) is 3.71. The maximum atomic E-state index is 5.95. The van der Waals surface area contributed by atoms with Gasteiger partial charge in [-0.15, -0.1) is 0 Å². The lowest BCUT2D eigenvalue weighted by Crippen LogP contribution is -2.08. The molecule has 0 bridgehead atoms. The molecule has 2 N–H and O–H groups in total. The summed E-state index contributed by atoms with van der Waals surface area (Å²) in [6.07, 6.45) is 5.74. The molecule has 0 aliphatic carbocycles. The van der Waals surface area contributed by atoms with Crippen LogP contribution in [-0.2, 0) is 6.42 Å². The van der Waals surface area contributed by atoms with Gasteiger partial charge in [-0.1, -0.05) is 11.6 Å². The van der Waals surface area contributed by atoms with Gasteiger partial charge in [-0.25, -0.2) is 9.97 Å². The molecule has 0 unspecified atom stereocenters. The van der Waals surface area contributed by atoms with Gasteiger partial charge in [0.05, 0.1) is 19.6 Å². The molecule has 0 aromatic carbocycles. The van der Waals surface area contributed by atoms with Crippen molar-refractivity contribution in [2.24, 2.45) is 0 Å². The summed E-state index contributed by atoms with van der Waals surface area (Å²) in [5.41, 5.74) is 1.05. The fraction of sp³-hybridized carbons (Fsp3) is 0.300. The van der Waals surface area contributed by atoms with Crippen molar-refractivity contribution in [1.82, 2.24) is 19.9 Å². The Hall–Kier alpha value is -1.82. The summed E-state index contributed by atoms with van der Waals surface area (Å²) < 4.78 is 4.93. The first kappa shape index (κ1) is 11.7. The van der Waals surface area contributed by atoms with Gasteiger partial charge >= 0.3 is 6.01 Å². The summed E-state index contributed by atoms with van der Waals surface area (Å²) in [7, 11) is 1.51. The van der Waals surface area contributed by atoms with Crippen LogP contribution in [0.5, 0.6) is 6.01 Å². The highest BCUT2D eigenvalue weighted by Gasteiger charge is 2.05. The summed E-state index contributed by atoms with van der Waals surface area (Å²) in [5, 5.41) is 3.58. The van der Waals surface area contributed by atoms with E-state index in [1.165, 1.54) is 13.3 Å². The van der Waals surface area contributed by atoms with Crippen LogP contribution in [-0.4, -0.2) is 33.6 Å². The van der Waals surface area contributed by atoms with Gasteiger partial charge in [0.25, 0.3) is 0 Å². The average Bonchev–Trinajstić information content (AvgIpc) is 2.84. The number of nitrogens with one attached hydrogen (secondary N) is 2. The van der Waals surface area contributed by atoms with Crippen LogP contribution in [0.15, 0.2) is 18.7 Å². The van der Waals surface area contributed by atoms with Gasteiger partial charge in [-0.3, -0.25) is 0 Å². The van der Waals surface area contributed by atoms with Crippen molar-refractivity contribution in [3.05, 3.63) is 29.4 Å². The number of H-pyrrole nitrogens is 1. The van der Waals surface area contributed by atoms with E-state index in [1.807, 2.05) is 0 Å². The Morgan fingerprint density at radius 2 is 2.35 bits per heavy atom. The molecule has 0 saturated carbocycles. The third kappa shape index (κ3) is 3.07. The van der Waals surface area contributed by atoms with Crippen molar-refractivity contribution in [1.29, 1.82) is 0 Å². The minimum atomic E-state index is 0.290. The maximum absolute atomic E-state index is 5.95. The summed E-state index contributed by atoms with van der Waals surface area (Å²) in [6.45, 7) is 0.697. The van der Waals surface area contributed by atoms with Crippen molar-refractivity contribution >= 4 is 17.4 Å². The summed E-state index contributed by atoms with van der Waals surface area (Å²) >= 11 is 5.95. The molecule has 0 aliphatic heterocycles. The highest BCUT2D eigenvalue weighted by molar-refractivity contribution is 6.32. The smallest absolute Gasteiger partial charge is 0.318 e. The number of rotatable bonds is 5. The second kappa shape index (κ2) is 5.49. The third-order valence-electron chi connectivity index (χ3n) is 2.15. The standard InChI is InChI=1S/C10H12ClN5O/c1-17-10-14-5-8(11)9(16-10)13-3-2-7-4-12-6-15-7/h4-6H,2-3H2,1H3,(H,12,15)(H,13,14,16). The van der Waals surface area contributed by atoms with Crippen LogP contribution in [0.3, 0.4) is 0 Å². The topological polar surface area (TPSA) is 75.7 Å². The molecule has 0 amide bonds. The number of imidazole rings is 1. The molecule has 2 heterocycles. The van der Waals surface area contributed by atoms with E-state index in [0.29, 0.717) is 23.4 Å². The minimum absolute atomic E-state index is 0.290. The molecule has 0 aliphatic rings. The van der Waals surface area contributed by atoms with Crippen molar-refractivity contribution in [2.45, 2.75) is 6.42 Å². The van der Waals surface area contributed by atoms with Crippen LogP contribution < -0.4 is 10.1 Å². The second-order valence-electron chi connectivity index (χ2n) is 3.31. The first-order chi connectivity index (χ1) is 8.29. The van der Waals surface area contributed by atoms with Gasteiger partial charge in [-0.2, -0.15) is 4.98 Å². The van der Waals surface area contributed by atoms with Crippen molar-refractivity contribution in [3.63, 3.8) is 0 Å². The predicted molar refractivity (Wildman–Crippen MR) is 64.4 cm³/mol. The lowest BCUT2D eigenvalue weighted by Gasteiger charge is -2.07. The van der Waals surface area contributed by atoms with Gasteiger partial charge < -0.3 is 15.0 Å². The largest absolute Gasteiger partial charge is 0.467 e. The van der Waals surface area contributed by atoms with Gasteiger partial charge in [0, 0.05) is 24.9 Å². The van der Waals surface area contributed by atoms with Gasteiger partial charge in [-0.05, 0) is 0 Å². The van der Waals surface area contributed by atoms with Crippen LogP contribution in [0.4, 0.5) is 5.82 Å². The van der Waals surface area contributed by atoms with Gasteiger partial charge in [0.15, 0.2) is 5.82 Å². The molecule has 2 aromatic rings. The van der Waals surface area contributed by atoms with Crippen LogP contribution in [0.2, 0.25) is 5.02 Å². The van der Waals surface area contributed by atoms with E-state index >= 15 is 0 Å². The normalized spacial score (nSPS) is 10.2. The number of aromatic nitrogens is 4. The zero-order valence-electron chi connectivity index (χ0n) is 9.27. The van der Waals surface area contributed by atoms with Crippen LogP contribution >= 0.6 is 11.6 Å². The van der Waals surface area contributed by atoms with E-state index in [1.54, 1.807) is 12.5 Å². The number of anilines is 1. The maximum Gasteiger partial charge on any atom is 0.318 e. The lowest BCUT2D eigenvalue weighted by atomic mass is 10.3. The third-order valence-corrected chi connectivity index (χ3v) is 2.42. The number of nitrogens with zero attached hydrogens (tertiary/aromatic N) is 3. The summed E-state index contributed by atoms with van der Waals surface area (Å²) in [6, 6.07) is 0.290. The molecule has 0 saturated heterocycles. The Bertz CT molecular complexity index is 474. The molecule has 6 nitrogen and oxygen atoms in total. The van der Waals surface area contributed by atoms with E-state index < -0.39 is 0 Å². The minimum Gasteiger partial charge on any atom is -0.467 e. The zero-order valence-corrected chi connectivity index (χ0v) is 10.0. The SMILES string of the molecule is COc1ncc(Cl)c(NCCc2cnc[nH]2)n1. The number of ether oxygens (including phenoxy) is 1. The molecule has 2 rings (SSSR count). The van der Waals surface area contributed by atoms with E-state index in [4.69, 9.17) is 16.3 Å². The Morgan fingerprint density at radius 3 is 3.06 bits per heavy atom. The quantitative estimate of drug-likeness (QED) is 0.845. The van der Waals surface area contributed by atoms with Crippen LogP contribution in [0, 0.1) is 0 Å². The van der Waals surface area contributed by atoms with E-state index in [-0.39, 0.29) is 0 Å². The van der Waals surface area contributed by atoms with Crippen molar-refractivity contribution < 1.29 is 4.74 Å². The predicted octanol–water partition coefficient (Wildman–Crippen LogP) is 1.52. The zero-order chi connectivity index (χ0) is 12.1. The van der Waals surface area contributed by atoms with E-state index in [9.17, 15) is 0 Å². The molecular weight excluding hydrogens is 242 g/mol. The lowest BCUT2D eigenvalue weighted by molar-refractivity contribution is 0.380. The molecule has 17 heavy (non-hydrogen) atoms. The molecule has 90 valence electrons. The summed E-state index contributed by atoms with van der Waals surface area (Å²) in [5.74, 6) is 0.568. The number of methoxy groups -OCH3 is 1. The van der Waals surface area contributed by atoms with Gasteiger partial charge in [0.2, 0.25) is 0 Å². The van der Waals surface area contributed by atoms with Crippen LogP contribution in [0.25, 0.3) is 0 Å². The molecule has 0 fully saturated rings. The number of aromatic amines is 1. The van der Waals surface area contributed by atoms with Crippen molar-refractivity contribution in [3.8, 4) is 6.01 Å². The van der Waals surface area contributed by atoms with E-state index in [0.717, 1.165) is 12.1 Å². The molecule has 7 heteroatoms. The number of hydrogen-bond acceptors (Lipinski definition) is 5. The Morgan fingerprint density at radius 1 is 1.47 bits per heavy atom. The van der Waals surface area contributed by atoms with Gasteiger partial charge in [0.1, 0.15) is 5.02 Å². The first-order valence-corrected chi connectivity index (χ1v) is 5.45. The van der Waals surface area contributed by atoms with Crippen molar-refractivity contribution in [2.75, 3.05) is 19.0 Å². The number of hydrogen-bond donors (Lipinski definition) is 2. The molecule has 0 atom stereocenters. The molecule has 0 spiro atoms. The average molecular weight is 254 g/mol. The highest BCUT2D eigenvalue weighted by Crippen LogP contribution is 2.19. The van der Waals surface area contributed by atoms with Crippen LogP contribution in [0.1, 0.15) is 5.69 Å². The highest BCUT2D eigenvalue weighted by atomic mass is 35.5. The fourth-order valence-electron chi connectivity index (χ4n) is 1.31. The Labute approximate surface area is 103 Å². The first-order valence-electron chi connectivity index (χ1n) is 5.07. The Kier molecular flexibility index (Phi) is 3.77. The Balaban J connectivity index is 1.94. The molecule has 2 aromatic heterocycles. The molecular formula is C10H12ClN5O. The fourth-order valence-corrected chi connectivity index (χ4v) is 1.47. The number of halogens is 1. The monoisotopic (exact) mass is 253 g/mol.